The molecule has 0 N–H and O–H groups in total. The lowest BCUT2D eigenvalue weighted by Gasteiger charge is -2.08. The van der Waals surface area contributed by atoms with E-state index in [0.29, 0.717) is 10.6 Å². The van der Waals surface area contributed by atoms with Crippen molar-refractivity contribution < 1.29 is 9.13 Å². The number of benzene rings is 1. The van der Waals surface area contributed by atoms with Crippen molar-refractivity contribution in [2.24, 2.45) is 0 Å². The van der Waals surface area contributed by atoms with Gasteiger partial charge >= 0.3 is 0 Å². The van der Waals surface area contributed by atoms with E-state index in [9.17, 15) is 4.39 Å². The second kappa shape index (κ2) is 4.30. The highest BCUT2D eigenvalue weighted by Gasteiger charge is 2.13. The minimum atomic E-state index is -0.515. The van der Waals surface area contributed by atoms with Gasteiger partial charge in [-0.3, -0.25) is 0 Å². The zero-order valence-corrected chi connectivity index (χ0v) is 8.60. The van der Waals surface area contributed by atoms with Gasteiger partial charge in [-0.05, 0) is 13.0 Å². The quantitative estimate of drug-likeness (QED) is 0.756. The van der Waals surface area contributed by atoms with Crippen molar-refractivity contribution in [1.29, 1.82) is 5.26 Å². The molecular weight excluding hydrogens is 205 g/mol. The van der Waals surface area contributed by atoms with Gasteiger partial charge in [-0.25, -0.2) is 4.39 Å². The second-order valence-corrected chi connectivity index (χ2v) is 3.27. The number of rotatable bonds is 2. The molecule has 0 amide bonds. The molecule has 1 unspecified atom stereocenters. The fourth-order valence-corrected chi connectivity index (χ4v) is 1.35. The zero-order chi connectivity index (χ0) is 10.7. The van der Waals surface area contributed by atoms with Gasteiger partial charge in [0, 0.05) is 11.6 Å². The number of hydrogen-bond acceptors (Lipinski definition) is 2. The predicted octanol–water partition coefficient (Wildman–Crippen LogP) is 3.11. The molecule has 1 rings (SSSR count). The minimum absolute atomic E-state index is 0.276. The fourth-order valence-electron chi connectivity index (χ4n) is 1.10. The van der Waals surface area contributed by atoms with Crippen LogP contribution in [0.5, 0.6) is 5.75 Å². The molecule has 0 aliphatic carbocycles. The smallest absolute Gasteiger partial charge is 0.140 e. The summed E-state index contributed by atoms with van der Waals surface area (Å²) in [4.78, 5) is 0. The normalized spacial score (nSPS) is 11.9. The minimum Gasteiger partial charge on any atom is -0.495 e. The van der Waals surface area contributed by atoms with Crippen molar-refractivity contribution in [3.05, 3.63) is 28.5 Å². The molecule has 1 aromatic carbocycles. The van der Waals surface area contributed by atoms with Gasteiger partial charge in [0.1, 0.15) is 11.6 Å². The topological polar surface area (TPSA) is 33.0 Å². The molecule has 0 heterocycles. The van der Waals surface area contributed by atoms with E-state index in [4.69, 9.17) is 21.6 Å². The predicted molar refractivity (Wildman–Crippen MR) is 52.0 cm³/mol. The summed E-state index contributed by atoms with van der Waals surface area (Å²) < 4.78 is 18.2. The Labute approximate surface area is 86.9 Å². The summed E-state index contributed by atoms with van der Waals surface area (Å²) in [6, 6.07) is 4.55. The fraction of sp³-hybridized carbons (Fsp3) is 0.300. The summed E-state index contributed by atoms with van der Waals surface area (Å²) >= 11 is 5.80. The van der Waals surface area contributed by atoms with Crippen LogP contribution in [0.3, 0.4) is 0 Å². The molecule has 4 heteroatoms. The molecule has 0 radical (unpaired) electrons. The van der Waals surface area contributed by atoms with Crippen molar-refractivity contribution in [3.63, 3.8) is 0 Å². The number of methoxy groups -OCH3 is 1. The van der Waals surface area contributed by atoms with Gasteiger partial charge in [-0.2, -0.15) is 5.26 Å². The maximum absolute atomic E-state index is 13.4. The van der Waals surface area contributed by atoms with Gasteiger partial charge in [0.15, 0.2) is 0 Å². The van der Waals surface area contributed by atoms with Crippen LogP contribution >= 0.6 is 11.6 Å². The number of hydrogen-bond donors (Lipinski definition) is 0. The standard InChI is InChI=1S/C10H9ClFNO/c1-6(5-13)7-3-8(11)10(14-2)4-9(7)12/h3-4,6H,1-2H3. The summed E-state index contributed by atoms with van der Waals surface area (Å²) in [5, 5.41) is 8.95. The molecule has 0 aromatic heterocycles. The van der Waals surface area contributed by atoms with Gasteiger partial charge in [-0.1, -0.05) is 11.6 Å². The van der Waals surface area contributed by atoms with E-state index in [2.05, 4.69) is 0 Å². The Kier molecular flexibility index (Phi) is 3.32. The molecule has 0 fully saturated rings. The van der Waals surface area contributed by atoms with Crippen LogP contribution in [-0.4, -0.2) is 7.11 Å². The highest BCUT2D eigenvalue weighted by Crippen LogP contribution is 2.30. The number of halogens is 2. The van der Waals surface area contributed by atoms with E-state index >= 15 is 0 Å². The largest absolute Gasteiger partial charge is 0.495 e. The van der Waals surface area contributed by atoms with Gasteiger partial charge in [0.2, 0.25) is 0 Å². The maximum Gasteiger partial charge on any atom is 0.140 e. The van der Waals surface area contributed by atoms with Crippen LogP contribution in [0.2, 0.25) is 5.02 Å². The molecule has 0 spiro atoms. The van der Waals surface area contributed by atoms with Crippen LogP contribution in [0.1, 0.15) is 18.4 Å². The van der Waals surface area contributed by atoms with Gasteiger partial charge in [0.05, 0.1) is 24.1 Å². The van der Waals surface area contributed by atoms with Crippen LogP contribution in [-0.2, 0) is 0 Å². The third-order valence-electron chi connectivity index (χ3n) is 1.93. The monoisotopic (exact) mass is 213 g/mol. The third kappa shape index (κ3) is 1.97. The Hall–Kier alpha value is -1.27. The Bertz CT molecular complexity index is 386. The van der Waals surface area contributed by atoms with E-state index in [1.54, 1.807) is 6.92 Å². The Balaban J connectivity index is 3.23. The van der Waals surface area contributed by atoms with E-state index < -0.39 is 11.7 Å². The molecule has 1 aromatic rings. The van der Waals surface area contributed by atoms with E-state index in [1.807, 2.05) is 6.07 Å². The SMILES string of the molecule is COc1cc(F)c(C(C)C#N)cc1Cl. The summed E-state index contributed by atoms with van der Waals surface area (Å²) in [6.45, 7) is 1.61. The van der Waals surface area contributed by atoms with Gasteiger partial charge in [0.25, 0.3) is 0 Å². The van der Waals surface area contributed by atoms with Crippen LogP contribution in [0.15, 0.2) is 12.1 Å². The average molecular weight is 214 g/mol. The number of nitrogens with zero attached hydrogens (tertiary/aromatic N) is 1. The lowest BCUT2D eigenvalue weighted by atomic mass is 10.0. The first kappa shape index (κ1) is 10.8. The highest BCUT2D eigenvalue weighted by molar-refractivity contribution is 6.32. The second-order valence-electron chi connectivity index (χ2n) is 2.86. The molecule has 1 atom stereocenters. The molecule has 0 bridgehead atoms. The molecule has 0 aliphatic rings. The first-order valence-electron chi connectivity index (χ1n) is 4.02. The summed E-state index contributed by atoms with van der Waals surface area (Å²) in [7, 11) is 1.41. The molecule has 0 saturated carbocycles. The molecule has 0 aliphatic heterocycles. The summed E-state index contributed by atoms with van der Waals surface area (Å²) in [6.07, 6.45) is 0. The average Bonchev–Trinajstić information content (AvgIpc) is 2.19. The molecule has 14 heavy (non-hydrogen) atoms. The van der Waals surface area contributed by atoms with Crippen molar-refractivity contribution in [1.82, 2.24) is 0 Å². The highest BCUT2D eigenvalue weighted by atomic mass is 35.5. The first-order valence-corrected chi connectivity index (χ1v) is 4.40. The first-order chi connectivity index (χ1) is 6.60. The van der Waals surface area contributed by atoms with E-state index in [1.165, 1.54) is 19.2 Å². The van der Waals surface area contributed by atoms with Gasteiger partial charge < -0.3 is 4.74 Å². The van der Waals surface area contributed by atoms with Crippen molar-refractivity contribution in [3.8, 4) is 11.8 Å². The number of nitriles is 1. The third-order valence-corrected chi connectivity index (χ3v) is 2.23. The van der Waals surface area contributed by atoms with Crippen LogP contribution in [0, 0.1) is 17.1 Å². The van der Waals surface area contributed by atoms with E-state index in [-0.39, 0.29) is 5.75 Å². The molecular formula is C10H9ClFNO. The zero-order valence-electron chi connectivity index (χ0n) is 7.84. The van der Waals surface area contributed by atoms with Crippen LogP contribution < -0.4 is 4.74 Å². The molecule has 74 valence electrons. The van der Waals surface area contributed by atoms with Gasteiger partial charge in [-0.15, -0.1) is 0 Å². The summed E-state index contributed by atoms with van der Waals surface area (Å²) in [5.74, 6) is -0.711. The lowest BCUT2D eigenvalue weighted by molar-refractivity contribution is 0.411. The Morgan fingerprint density at radius 2 is 2.21 bits per heavy atom. The van der Waals surface area contributed by atoms with Crippen LogP contribution in [0.25, 0.3) is 0 Å². The Morgan fingerprint density at radius 3 is 2.71 bits per heavy atom. The lowest BCUT2D eigenvalue weighted by Crippen LogP contribution is -1.96. The maximum atomic E-state index is 13.4. The van der Waals surface area contributed by atoms with Crippen molar-refractivity contribution in [2.75, 3.05) is 7.11 Å². The number of ether oxygens (including phenoxy) is 1. The Morgan fingerprint density at radius 1 is 1.57 bits per heavy atom. The van der Waals surface area contributed by atoms with Crippen molar-refractivity contribution in [2.45, 2.75) is 12.8 Å². The van der Waals surface area contributed by atoms with E-state index in [0.717, 1.165) is 0 Å². The molecule has 2 nitrogen and oxygen atoms in total. The molecule has 0 saturated heterocycles. The van der Waals surface area contributed by atoms with Crippen LogP contribution in [0.4, 0.5) is 4.39 Å². The summed E-state index contributed by atoms with van der Waals surface area (Å²) in [5.41, 5.74) is 0.290. The van der Waals surface area contributed by atoms with Crippen molar-refractivity contribution >= 4 is 11.6 Å².